The lowest BCUT2D eigenvalue weighted by molar-refractivity contribution is -0.105. The quantitative estimate of drug-likeness (QED) is 0.267. The summed E-state index contributed by atoms with van der Waals surface area (Å²) in [4.78, 5) is 0. The Bertz CT molecular complexity index is 153. The fourth-order valence-corrected chi connectivity index (χ4v) is 1.44. The molecule has 0 aliphatic heterocycles. The highest BCUT2D eigenvalue weighted by Gasteiger charge is 2.16. The maximum Gasteiger partial charge on any atom is 0.158 e. The average Bonchev–Trinajstić information content (AvgIpc) is 2.23. The molecule has 0 fully saturated rings. The van der Waals surface area contributed by atoms with Crippen molar-refractivity contribution in [3.05, 3.63) is 12.2 Å². The lowest BCUT2D eigenvalue weighted by Gasteiger charge is -2.22. The zero-order valence-corrected chi connectivity index (χ0v) is 12.0. The van der Waals surface area contributed by atoms with Gasteiger partial charge in [0.2, 0.25) is 0 Å². The molecular weight excluding hydrogens is 192 g/mol. The molecule has 0 bridgehead atoms. The van der Waals surface area contributed by atoms with Crippen molar-refractivity contribution in [2.45, 2.75) is 44.4 Å². The van der Waals surface area contributed by atoms with Gasteiger partial charge in [-0.3, -0.25) is 0 Å². The molecule has 0 aromatic rings. The Morgan fingerprint density at radius 1 is 1.14 bits per heavy atom. The smallest absolute Gasteiger partial charge is 0.158 e. The standard InChI is InChI=1S/C11H24O2Si/c1-4-5-6-7-8-9-10-11(14,12-2)13-3/h9-10H,4-8H2,1-3,14H3/b10-9+. The van der Waals surface area contributed by atoms with Crippen molar-refractivity contribution < 1.29 is 9.47 Å². The van der Waals surface area contributed by atoms with Crippen LogP contribution in [0.1, 0.15) is 39.0 Å². The van der Waals surface area contributed by atoms with E-state index in [1.54, 1.807) is 14.2 Å². The summed E-state index contributed by atoms with van der Waals surface area (Å²) in [6.45, 7) is 2.23. The van der Waals surface area contributed by atoms with E-state index < -0.39 is 5.41 Å². The first-order valence-electron chi connectivity index (χ1n) is 5.46. The van der Waals surface area contributed by atoms with Crippen LogP contribution in [0.2, 0.25) is 0 Å². The highest BCUT2D eigenvalue weighted by Crippen LogP contribution is 2.09. The SMILES string of the molecule is CCCCCC/C=C/C([SiH3])(OC)OC. The van der Waals surface area contributed by atoms with Gasteiger partial charge in [-0.1, -0.05) is 32.3 Å². The highest BCUT2D eigenvalue weighted by atomic mass is 28.1. The molecule has 0 heterocycles. The van der Waals surface area contributed by atoms with Crippen molar-refractivity contribution in [3.63, 3.8) is 0 Å². The molecule has 0 aromatic carbocycles. The summed E-state index contributed by atoms with van der Waals surface area (Å²) < 4.78 is 10.5. The van der Waals surface area contributed by atoms with Crippen LogP contribution in [0.5, 0.6) is 0 Å². The molecule has 3 heteroatoms. The van der Waals surface area contributed by atoms with Gasteiger partial charge in [-0.25, -0.2) is 0 Å². The molecule has 0 aliphatic rings. The van der Waals surface area contributed by atoms with Crippen molar-refractivity contribution in [2.75, 3.05) is 14.2 Å². The van der Waals surface area contributed by atoms with E-state index in [1.165, 1.54) is 25.7 Å². The van der Waals surface area contributed by atoms with Gasteiger partial charge < -0.3 is 9.47 Å². The molecule has 0 atom stereocenters. The number of unbranched alkanes of at least 4 members (excludes halogenated alkanes) is 4. The second kappa shape index (κ2) is 8.21. The van der Waals surface area contributed by atoms with E-state index in [0.29, 0.717) is 0 Å². The summed E-state index contributed by atoms with van der Waals surface area (Å²) in [5.74, 6) is 0. The second-order valence-electron chi connectivity index (χ2n) is 3.68. The zero-order chi connectivity index (χ0) is 10.9. The number of hydrogen-bond acceptors (Lipinski definition) is 2. The van der Waals surface area contributed by atoms with Gasteiger partial charge in [0, 0.05) is 14.2 Å². The van der Waals surface area contributed by atoms with Gasteiger partial charge in [0.15, 0.2) is 5.41 Å². The summed E-state index contributed by atoms with van der Waals surface area (Å²) in [7, 11) is 4.24. The van der Waals surface area contributed by atoms with E-state index in [0.717, 1.165) is 16.7 Å². The highest BCUT2D eigenvalue weighted by molar-refractivity contribution is 6.14. The molecule has 14 heavy (non-hydrogen) atoms. The maximum atomic E-state index is 5.27. The molecule has 2 nitrogen and oxygen atoms in total. The molecule has 0 saturated heterocycles. The number of methoxy groups -OCH3 is 2. The summed E-state index contributed by atoms with van der Waals surface area (Å²) in [6, 6.07) is 0. The zero-order valence-electron chi connectivity index (χ0n) is 10.0. The van der Waals surface area contributed by atoms with Gasteiger partial charge in [-0.15, -0.1) is 0 Å². The summed E-state index contributed by atoms with van der Waals surface area (Å²) in [5.41, 5.74) is -0.412. The molecule has 0 rings (SSSR count). The van der Waals surface area contributed by atoms with Crippen LogP contribution >= 0.6 is 0 Å². The lowest BCUT2D eigenvalue weighted by Crippen LogP contribution is -2.31. The summed E-state index contributed by atoms with van der Waals surface area (Å²) >= 11 is 0. The Kier molecular flexibility index (Phi) is 8.13. The third-order valence-corrected chi connectivity index (χ3v) is 3.61. The van der Waals surface area contributed by atoms with Gasteiger partial charge in [0.1, 0.15) is 0 Å². The van der Waals surface area contributed by atoms with Crippen molar-refractivity contribution in [1.29, 1.82) is 0 Å². The Morgan fingerprint density at radius 3 is 2.29 bits per heavy atom. The van der Waals surface area contributed by atoms with Crippen molar-refractivity contribution in [1.82, 2.24) is 0 Å². The normalized spacial score (nSPS) is 12.8. The Hall–Kier alpha value is -0.123. The first kappa shape index (κ1) is 13.9. The predicted octanol–water partition coefficient (Wildman–Crippen LogP) is 1.82. The third kappa shape index (κ3) is 6.35. The van der Waals surface area contributed by atoms with E-state index in [9.17, 15) is 0 Å². The number of rotatable bonds is 8. The van der Waals surface area contributed by atoms with E-state index in [-0.39, 0.29) is 0 Å². The summed E-state index contributed by atoms with van der Waals surface area (Å²) in [5, 5.41) is 0. The number of allylic oxidation sites excluding steroid dienone is 1. The van der Waals surface area contributed by atoms with Gasteiger partial charge >= 0.3 is 0 Å². The number of ether oxygens (including phenoxy) is 2. The number of hydrogen-bond donors (Lipinski definition) is 0. The van der Waals surface area contributed by atoms with Crippen molar-refractivity contribution in [3.8, 4) is 0 Å². The Morgan fingerprint density at radius 2 is 1.79 bits per heavy atom. The van der Waals surface area contributed by atoms with Gasteiger partial charge in [-0.2, -0.15) is 0 Å². The van der Waals surface area contributed by atoms with Crippen LogP contribution in [0.15, 0.2) is 12.2 Å². The summed E-state index contributed by atoms with van der Waals surface area (Å²) in [6.07, 6.45) is 10.6. The minimum atomic E-state index is -0.412. The fourth-order valence-electron chi connectivity index (χ4n) is 1.21. The van der Waals surface area contributed by atoms with Crippen LogP contribution in [-0.4, -0.2) is 29.9 Å². The van der Waals surface area contributed by atoms with Crippen molar-refractivity contribution in [2.24, 2.45) is 0 Å². The lowest BCUT2D eigenvalue weighted by atomic mass is 10.1. The van der Waals surface area contributed by atoms with E-state index in [4.69, 9.17) is 9.47 Å². The van der Waals surface area contributed by atoms with Crippen LogP contribution in [0.25, 0.3) is 0 Å². The first-order chi connectivity index (χ1) is 6.68. The van der Waals surface area contributed by atoms with Gasteiger partial charge in [0.25, 0.3) is 0 Å². The van der Waals surface area contributed by atoms with E-state index in [1.807, 2.05) is 6.08 Å². The van der Waals surface area contributed by atoms with Crippen molar-refractivity contribution >= 4 is 10.2 Å². The molecule has 0 N–H and O–H groups in total. The molecule has 0 aromatic heterocycles. The predicted molar refractivity (Wildman–Crippen MR) is 64.6 cm³/mol. The molecule has 0 unspecified atom stereocenters. The largest absolute Gasteiger partial charge is 0.354 e. The van der Waals surface area contributed by atoms with Gasteiger partial charge in [0.05, 0.1) is 10.2 Å². The van der Waals surface area contributed by atoms with E-state index in [2.05, 4.69) is 13.0 Å². The molecule has 84 valence electrons. The Balaban J connectivity index is 3.59. The monoisotopic (exact) mass is 216 g/mol. The molecule has 0 amide bonds. The van der Waals surface area contributed by atoms with Gasteiger partial charge in [-0.05, 0) is 18.9 Å². The molecule has 0 radical (unpaired) electrons. The van der Waals surface area contributed by atoms with Crippen LogP contribution < -0.4 is 0 Å². The van der Waals surface area contributed by atoms with Crippen LogP contribution in [0.3, 0.4) is 0 Å². The minimum Gasteiger partial charge on any atom is -0.354 e. The first-order valence-corrected chi connectivity index (χ1v) is 6.46. The second-order valence-corrected chi connectivity index (χ2v) is 5.07. The van der Waals surface area contributed by atoms with Crippen LogP contribution in [-0.2, 0) is 9.47 Å². The molecular formula is C11H24O2Si. The Labute approximate surface area is 91.1 Å². The average molecular weight is 216 g/mol. The molecule has 0 saturated carbocycles. The topological polar surface area (TPSA) is 18.5 Å². The minimum absolute atomic E-state index is 0.412. The van der Waals surface area contributed by atoms with E-state index >= 15 is 0 Å². The van der Waals surface area contributed by atoms with Crippen LogP contribution in [0.4, 0.5) is 0 Å². The van der Waals surface area contributed by atoms with Crippen LogP contribution in [0, 0.1) is 0 Å². The maximum absolute atomic E-state index is 5.27. The third-order valence-electron chi connectivity index (χ3n) is 2.46. The molecule has 0 aliphatic carbocycles. The fraction of sp³-hybridized carbons (Fsp3) is 0.818. The molecule has 0 spiro atoms.